The SMILES string of the molecule is CCCC(CCC)(CCC1CCCC(OCc2nc(-c3cccc(C(F)(F)F)c3)oc2C)C1)C(=O)O. The molecule has 200 valence electrons. The molecular formula is C28H38F3NO4. The van der Waals surface area contributed by atoms with Crippen LogP contribution in [0.5, 0.6) is 0 Å². The van der Waals surface area contributed by atoms with E-state index in [1.165, 1.54) is 6.07 Å². The Kier molecular flexibility index (Phi) is 9.61. The minimum absolute atomic E-state index is 0.0495. The van der Waals surface area contributed by atoms with Gasteiger partial charge in [0.05, 0.1) is 23.7 Å². The van der Waals surface area contributed by atoms with Crippen LogP contribution >= 0.6 is 0 Å². The van der Waals surface area contributed by atoms with E-state index in [4.69, 9.17) is 9.15 Å². The summed E-state index contributed by atoms with van der Waals surface area (Å²) < 4.78 is 51.0. The van der Waals surface area contributed by atoms with Crippen LogP contribution in [-0.2, 0) is 22.3 Å². The number of aryl methyl sites for hydroxylation is 1. The highest BCUT2D eigenvalue weighted by Crippen LogP contribution is 2.40. The molecular weight excluding hydrogens is 471 g/mol. The van der Waals surface area contributed by atoms with Gasteiger partial charge < -0.3 is 14.3 Å². The molecule has 8 heteroatoms. The minimum atomic E-state index is -4.43. The first-order valence-corrected chi connectivity index (χ1v) is 13.1. The summed E-state index contributed by atoms with van der Waals surface area (Å²) in [4.78, 5) is 16.5. The van der Waals surface area contributed by atoms with Gasteiger partial charge in [-0.3, -0.25) is 4.79 Å². The molecule has 1 aliphatic rings. The van der Waals surface area contributed by atoms with Crippen LogP contribution in [0.25, 0.3) is 11.5 Å². The molecule has 1 heterocycles. The van der Waals surface area contributed by atoms with E-state index in [2.05, 4.69) is 4.98 Å². The number of alkyl halides is 3. The average Bonchev–Trinajstić information content (AvgIpc) is 3.21. The molecule has 0 bridgehead atoms. The summed E-state index contributed by atoms with van der Waals surface area (Å²) in [7, 11) is 0. The highest BCUT2D eigenvalue weighted by Gasteiger charge is 2.37. The van der Waals surface area contributed by atoms with E-state index < -0.39 is 23.1 Å². The van der Waals surface area contributed by atoms with Gasteiger partial charge in [-0.25, -0.2) is 4.98 Å². The molecule has 2 atom stereocenters. The van der Waals surface area contributed by atoms with Gasteiger partial charge in [-0.2, -0.15) is 13.2 Å². The Morgan fingerprint density at radius 3 is 2.53 bits per heavy atom. The number of ether oxygens (including phenoxy) is 1. The lowest BCUT2D eigenvalue weighted by molar-refractivity contribution is -0.151. The second kappa shape index (κ2) is 12.3. The van der Waals surface area contributed by atoms with Crippen molar-refractivity contribution in [3.63, 3.8) is 0 Å². The maximum Gasteiger partial charge on any atom is 0.416 e. The Hall–Kier alpha value is -2.35. The molecule has 1 fully saturated rings. The lowest BCUT2D eigenvalue weighted by atomic mass is 9.72. The average molecular weight is 510 g/mol. The number of aromatic nitrogens is 1. The van der Waals surface area contributed by atoms with Gasteiger partial charge in [-0.05, 0) is 69.6 Å². The Bertz CT molecular complexity index is 995. The number of halogens is 3. The van der Waals surface area contributed by atoms with Crippen molar-refractivity contribution < 1.29 is 32.2 Å². The molecule has 2 aromatic rings. The highest BCUT2D eigenvalue weighted by molar-refractivity contribution is 5.74. The lowest BCUT2D eigenvalue weighted by Gasteiger charge is -2.33. The van der Waals surface area contributed by atoms with Gasteiger partial charge in [0.15, 0.2) is 0 Å². The maximum atomic E-state index is 13.1. The van der Waals surface area contributed by atoms with Crippen LogP contribution in [0.4, 0.5) is 13.2 Å². The number of aliphatic carboxylic acids is 1. The van der Waals surface area contributed by atoms with E-state index in [9.17, 15) is 23.1 Å². The van der Waals surface area contributed by atoms with E-state index in [-0.39, 0.29) is 24.2 Å². The summed E-state index contributed by atoms with van der Waals surface area (Å²) in [6, 6.07) is 4.95. The van der Waals surface area contributed by atoms with Crippen LogP contribution in [0.1, 0.15) is 95.1 Å². The third-order valence-corrected chi connectivity index (χ3v) is 7.46. The summed E-state index contributed by atoms with van der Waals surface area (Å²) >= 11 is 0. The summed E-state index contributed by atoms with van der Waals surface area (Å²) in [5.74, 6) is 0.430. The smallest absolute Gasteiger partial charge is 0.416 e. The Morgan fingerprint density at radius 1 is 1.17 bits per heavy atom. The lowest BCUT2D eigenvalue weighted by Crippen LogP contribution is -2.32. The van der Waals surface area contributed by atoms with Crippen LogP contribution in [0.15, 0.2) is 28.7 Å². The Labute approximate surface area is 211 Å². The van der Waals surface area contributed by atoms with Crippen LogP contribution in [0, 0.1) is 18.3 Å². The third-order valence-electron chi connectivity index (χ3n) is 7.46. The molecule has 0 saturated heterocycles. The molecule has 1 aromatic carbocycles. The molecule has 2 unspecified atom stereocenters. The van der Waals surface area contributed by atoms with Crippen LogP contribution in [0.2, 0.25) is 0 Å². The fourth-order valence-electron chi connectivity index (χ4n) is 5.50. The molecule has 1 aliphatic carbocycles. The topological polar surface area (TPSA) is 72.6 Å². The normalized spacial score (nSPS) is 18.9. The molecule has 5 nitrogen and oxygen atoms in total. The number of carboxylic acid groups (broad SMARTS) is 1. The first kappa shape index (κ1) is 28.2. The van der Waals surface area contributed by atoms with Gasteiger partial charge >= 0.3 is 12.1 Å². The molecule has 0 radical (unpaired) electrons. The summed E-state index contributed by atoms with van der Waals surface area (Å²) in [5, 5.41) is 9.95. The Morgan fingerprint density at radius 2 is 1.89 bits per heavy atom. The first-order chi connectivity index (χ1) is 17.1. The molecule has 1 aromatic heterocycles. The van der Waals surface area contributed by atoms with Gasteiger partial charge in [0, 0.05) is 5.56 Å². The number of rotatable bonds is 12. The number of carboxylic acids is 1. The zero-order chi connectivity index (χ0) is 26.3. The van der Waals surface area contributed by atoms with Gasteiger partial charge in [-0.1, -0.05) is 45.6 Å². The van der Waals surface area contributed by atoms with Crippen molar-refractivity contribution in [2.24, 2.45) is 11.3 Å². The van der Waals surface area contributed by atoms with Crippen LogP contribution in [-0.4, -0.2) is 22.2 Å². The predicted molar refractivity (Wildman–Crippen MR) is 131 cm³/mol. The van der Waals surface area contributed by atoms with Crippen molar-refractivity contribution in [3.05, 3.63) is 41.3 Å². The molecule has 0 spiro atoms. The number of nitrogens with zero attached hydrogens (tertiary/aromatic N) is 1. The van der Waals surface area contributed by atoms with Crippen molar-refractivity contribution >= 4 is 5.97 Å². The first-order valence-electron chi connectivity index (χ1n) is 13.1. The molecule has 3 rings (SSSR count). The van der Waals surface area contributed by atoms with Crippen molar-refractivity contribution in [2.75, 3.05) is 0 Å². The maximum absolute atomic E-state index is 13.1. The molecule has 0 aliphatic heterocycles. The van der Waals surface area contributed by atoms with Crippen molar-refractivity contribution in [3.8, 4) is 11.5 Å². The molecule has 1 saturated carbocycles. The fourth-order valence-corrected chi connectivity index (χ4v) is 5.50. The molecule has 0 amide bonds. The van der Waals surface area contributed by atoms with Gasteiger partial charge in [0.2, 0.25) is 5.89 Å². The van der Waals surface area contributed by atoms with Gasteiger partial charge in [-0.15, -0.1) is 0 Å². The predicted octanol–water partition coefficient (Wildman–Crippen LogP) is 8.20. The second-order valence-electron chi connectivity index (χ2n) is 10.2. The van der Waals surface area contributed by atoms with Crippen molar-refractivity contribution in [1.29, 1.82) is 0 Å². The largest absolute Gasteiger partial charge is 0.481 e. The Balaban J connectivity index is 1.59. The van der Waals surface area contributed by atoms with Gasteiger partial charge in [0.25, 0.3) is 0 Å². The zero-order valence-electron chi connectivity index (χ0n) is 21.5. The fraction of sp³-hybridized carbons (Fsp3) is 0.643. The highest BCUT2D eigenvalue weighted by atomic mass is 19.4. The van der Waals surface area contributed by atoms with Crippen molar-refractivity contribution in [2.45, 2.75) is 104 Å². The quantitative estimate of drug-likeness (QED) is 0.312. The number of oxazole rings is 1. The van der Waals surface area contributed by atoms with Crippen molar-refractivity contribution in [1.82, 2.24) is 4.98 Å². The number of benzene rings is 1. The molecule has 36 heavy (non-hydrogen) atoms. The minimum Gasteiger partial charge on any atom is -0.481 e. The monoisotopic (exact) mass is 509 g/mol. The second-order valence-corrected chi connectivity index (χ2v) is 10.2. The van der Waals surface area contributed by atoms with E-state index >= 15 is 0 Å². The van der Waals surface area contributed by atoms with E-state index in [0.717, 1.165) is 57.1 Å². The van der Waals surface area contributed by atoms with E-state index in [0.29, 0.717) is 36.6 Å². The number of carbonyl (C=O) groups is 1. The summed E-state index contributed by atoms with van der Waals surface area (Å²) in [5.41, 5.74) is -0.514. The van der Waals surface area contributed by atoms with E-state index in [1.54, 1.807) is 13.0 Å². The van der Waals surface area contributed by atoms with E-state index in [1.807, 2.05) is 13.8 Å². The molecule has 1 N–H and O–H groups in total. The zero-order valence-corrected chi connectivity index (χ0v) is 21.5. The van der Waals surface area contributed by atoms with Crippen LogP contribution in [0.3, 0.4) is 0 Å². The summed E-state index contributed by atoms with van der Waals surface area (Å²) in [6.45, 7) is 6.06. The standard InChI is InChI=1S/C28H38F3NO4/c1-4-13-27(14-5-2,26(33)34)15-12-20-8-6-11-23(16-20)35-18-24-19(3)36-25(32-24)21-9-7-10-22(17-21)28(29,30)31/h7,9-10,17,20,23H,4-6,8,11-16,18H2,1-3H3,(H,33,34). The third kappa shape index (κ3) is 7.11. The van der Waals surface area contributed by atoms with Crippen LogP contribution < -0.4 is 0 Å². The number of hydrogen-bond acceptors (Lipinski definition) is 4. The van der Waals surface area contributed by atoms with Gasteiger partial charge in [0.1, 0.15) is 11.5 Å². The number of hydrogen-bond donors (Lipinski definition) is 1. The summed E-state index contributed by atoms with van der Waals surface area (Å²) in [6.07, 6.45) is 4.27.